The lowest BCUT2D eigenvalue weighted by molar-refractivity contribution is -0.141. The zero-order valence-corrected chi connectivity index (χ0v) is 41.1. The first-order valence-corrected chi connectivity index (χ1v) is 24.1. The summed E-state index contributed by atoms with van der Waals surface area (Å²) in [5.41, 5.74) is 15.6. The first-order valence-electron chi connectivity index (χ1n) is 24.1. The Morgan fingerprint density at radius 2 is 1.18 bits per heavy atom. The van der Waals surface area contributed by atoms with Crippen LogP contribution in [0.4, 0.5) is 0 Å². The second-order valence-corrected chi connectivity index (χ2v) is 17.8. The van der Waals surface area contributed by atoms with Gasteiger partial charge in [-0.3, -0.25) is 24.4 Å². The molecule has 4 aromatic carbocycles. The minimum absolute atomic E-state index is 0. The lowest BCUT2D eigenvalue weighted by atomic mass is 9.83. The normalized spacial score (nSPS) is 13.5. The Kier molecular flexibility index (Phi) is 17.2. The molecular formula is C56H62N10O7. The third-order valence-electron chi connectivity index (χ3n) is 13.6. The Morgan fingerprint density at radius 3 is 1.68 bits per heavy atom. The monoisotopic (exact) mass is 986 g/mol. The first kappa shape index (κ1) is 52.6. The Hall–Kier alpha value is -8.18. The standard InChI is InChI=1S/C27H27N5O3.C22H26N4O2.C6H5NO2.CH4/c1-3-32-24-7-6-22(17(2)26(24)29-30-32)23(15-25(33)34)20-5-4-18-10-13-31(16-21(18)14-20)27(35)19-8-11-28-12-9-19;1-4-26-20-8-7-18(14(2)22(20)24-25-26)19(12-21(27)28-3)16-6-5-15-9-10-23-13-17(15)11-16;8-6(9)5-1-3-7-4-2-5;/h4-9,11-12,14,23H,3,10,13,15-16H2,1-2H3,(H,33,34);5-8,11,19,23H,4,9-10,12-13H2,1-3H3;1-4H,(H,8,9);1H4. The topological polar surface area (TPSA) is 220 Å². The minimum Gasteiger partial charge on any atom is -0.481 e. The second kappa shape index (κ2) is 23.8. The largest absolute Gasteiger partial charge is 0.481 e. The number of nitrogens with one attached hydrogen (secondary N) is 1. The maximum Gasteiger partial charge on any atom is 0.335 e. The maximum atomic E-state index is 13.0. The maximum absolute atomic E-state index is 13.0. The average Bonchev–Trinajstić information content (AvgIpc) is 4.05. The lowest BCUT2D eigenvalue weighted by Crippen LogP contribution is -2.36. The quantitative estimate of drug-likeness (QED) is 0.0978. The number of aromatic nitrogens is 8. The summed E-state index contributed by atoms with van der Waals surface area (Å²) in [4.78, 5) is 56.8. The molecule has 4 aromatic heterocycles. The summed E-state index contributed by atoms with van der Waals surface area (Å²) >= 11 is 0. The number of carbonyl (C=O) groups is 4. The van der Waals surface area contributed by atoms with Gasteiger partial charge in [-0.05, 0) is 139 Å². The van der Waals surface area contributed by atoms with Gasteiger partial charge < -0.3 is 25.2 Å². The van der Waals surface area contributed by atoms with E-state index in [1.54, 1.807) is 24.5 Å². The molecule has 2 atom stereocenters. The molecule has 73 heavy (non-hydrogen) atoms. The molecule has 0 radical (unpaired) electrons. The number of aromatic carboxylic acids is 1. The zero-order chi connectivity index (χ0) is 50.9. The van der Waals surface area contributed by atoms with Crippen molar-refractivity contribution in [2.45, 2.75) is 98.8 Å². The minimum atomic E-state index is -0.919. The summed E-state index contributed by atoms with van der Waals surface area (Å²) in [7, 11) is 1.44. The number of aryl methyl sites for hydroxylation is 4. The van der Waals surface area contributed by atoms with Crippen molar-refractivity contribution in [1.29, 1.82) is 0 Å². The van der Waals surface area contributed by atoms with Gasteiger partial charge in [-0.2, -0.15) is 0 Å². The smallest absolute Gasteiger partial charge is 0.335 e. The summed E-state index contributed by atoms with van der Waals surface area (Å²) in [6.07, 6.45) is 8.22. The van der Waals surface area contributed by atoms with Crippen LogP contribution in [-0.2, 0) is 53.3 Å². The van der Waals surface area contributed by atoms with E-state index >= 15 is 0 Å². The Labute approximate surface area is 424 Å². The number of fused-ring (bicyclic) bond motifs is 4. The van der Waals surface area contributed by atoms with Crippen molar-refractivity contribution in [3.63, 3.8) is 0 Å². The molecule has 8 aromatic rings. The van der Waals surface area contributed by atoms with Crippen molar-refractivity contribution >= 4 is 45.9 Å². The Bertz CT molecular complexity index is 3250. The van der Waals surface area contributed by atoms with Gasteiger partial charge in [0.05, 0.1) is 36.5 Å². The molecule has 0 saturated heterocycles. The highest BCUT2D eigenvalue weighted by Gasteiger charge is 2.27. The van der Waals surface area contributed by atoms with Gasteiger partial charge in [-0.1, -0.05) is 66.4 Å². The molecule has 0 fully saturated rings. The number of carboxylic acid groups (broad SMARTS) is 2. The number of carbonyl (C=O) groups excluding carboxylic acids is 2. The van der Waals surface area contributed by atoms with Crippen LogP contribution in [0.15, 0.2) is 110 Å². The van der Waals surface area contributed by atoms with Crippen LogP contribution in [0.2, 0.25) is 0 Å². The molecule has 1 amide bonds. The Balaban J connectivity index is 0.000000183. The number of nitrogens with zero attached hydrogens (tertiary/aromatic N) is 9. The van der Waals surface area contributed by atoms with E-state index in [0.717, 1.165) is 93.5 Å². The van der Waals surface area contributed by atoms with E-state index in [1.165, 1.54) is 48.3 Å². The van der Waals surface area contributed by atoms with Gasteiger partial charge in [0.15, 0.2) is 0 Å². The molecule has 2 aliphatic rings. The predicted molar refractivity (Wildman–Crippen MR) is 277 cm³/mol. The van der Waals surface area contributed by atoms with Gasteiger partial charge >= 0.3 is 17.9 Å². The van der Waals surface area contributed by atoms with E-state index in [2.05, 4.69) is 92.2 Å². The molecule has 0 spiro atoms. The fourth-order valence-electron chi connectivity index (χ4n) is 9.68. The van der Waals surface area contributed by atoms with Crippen LogP contribution in [-0.4, -0.2) is 99.1 Å². The van der Waals surface area contributed by atoms with E-state index < -0.39 is 11.9 Å². The van der Waals surface area contributed by atoms with Gasteiger partial charge in [-0.25, -0.2) is 14.2 Å². The molecule has 17 nitrogen and oxygen atoms in total. The number of hydrogen-bond acceptors (Lipinski definition) is 12. The number of esters is 1. The molecule has 0 aliphatic carbocycles. The van der Waals surface area contributed by atoms with Crippen molar-refractivity contribution < 1.29 is 34.1 Å². The van der Waals surface area contributed by atoms with Gasteiger partial charge in [-0.15, -0.1) is 10.2 Å². The highest BCUT2D eigenvalue weighted by Crippen LogP contribution is 2.37. The summed E-state index contributed by atoms with van der Waals surface area (Å²) in [6, 6.07) is 27.3. The summed E-state index contributed by atoms with van der Waals surface area (Å²) < 4.78 is 8.74. The molecule has 378 valence electrons. The zero-order valence-electron chi connectivity index (χ0n) is 41.1. The number of hydrogen-bond donors (Lipinski definition) is 3. The molecule has 2 aliphatic heterocycles. The molecule has 6 heterocycles. The molecule has 2 unspecified atom stereocenters. The number of aliphatic carboxylic acids is 1. The summed E-state index contributed by atoms with van der Waals surface area (Å²) in [5, 5.41) is 38.7. The van der Waals surface area contributed by atoms with Gasteiger partial charge in [0, 0.05) is 74.9 Å². The lowest BCUT2D eigenvalue weighted by Gasteiger charge is -2.30. The van der Waals surface area contributed by atoms with Crippen LogP contribution in [0, 0.1) is 13.8 Å². The average molecular weight is 987 g/mol. The van der Waals surface area contributed by atoms with Crippen molar-refractivity contribution in [1.82, 2.24) is 50.2 Å². The number of amides is 1. The fourth-order valence-corrected chi connectivity index (χ4v) is 9.68. The van der Waals surface area contributed by atoms with Crippen LogP contribution < -0.4 is 5.32 Å². The van der Waals surface area contributed by atoms with Crippen LogP contribution in [0.3, 0.4) is 0 Å². The second-order valence-electron chi connectivity index (χ2n) is 17.8. The number of rotatable bonds is 12. The summed E-state index contributed by atoms with van der Waals surface area (Å²) in [6.45, 7) is 12.6. The van der Waals surface area contributed by atoms with E-state index in [-0.39, 0.29) is 43.1 Å². The highest BCUT2D eigenvalue weighted by atomic mass is 16.5. The third-order valence-corrected chi connectivity index (χ3v) is 13.6. The van der Waals surface area contributed by atoms with E-state index in [9.17, 15) is 24.3 Å². The molecule has 17 heteroatoms. The van der Waals surface area contributed by atoms with Crippen LogP contribution >= 0.6 is 0 Å². The highest BCUT2D eigenvalue weighted by molar-refractivity contribution is 5.94. The predicted octanol–water partition coefficient (Wildman–Crippen LogP) is 8.48. The first-order chi connectivity index (χ1) is 34.9. The number of benzene rings is 4. The van der Waals surface area contributed by atoms with Crippen molar-refractivity contribution in [2.24, 2.45) is 0 Å². The van der Waals surface area contributed by atoms with Crippen LogP contribution in [0.1, 0.15) is 122 Å². The van der Waals surface area contributed by atoms with E-state index in [1.807, 2.05) is 46.3 Å². The number of methoxy groups -OCH3 is 1. The van der Waals surface area contributed by atoms with Crippen LogP contribution in [0.25, 0.3) is 22.1 Å². The van der Waals surface area contributed by atoms with Gasteiger partial charge in [0.2, 0.25) is 0 Å². The van der Waals surface area contributed by atoms with E-state index in [4.69, 9.17) is 9.84 Å². The molecule has 0 saturated carbocycles. The van der Waals surface area contributed by atoms with Crippen LogP contribution in [0.5, 0.6) is 0 Å². The fraction of sp³-hybridized carbons (Fsp3) is 0.321. The van der Waals surface area contributed by atoms with Gasteiger partial charge in [0.25, 0.3) is 5.91 Å². The summed E-state index contributed by atoms with van der Waals surface area (Å²) in [5.74, 6) is -2.42. The SMILES string of the molecule is C.CCn1nnc2c(C)c(C(CC(=O)O)c3ccc4c(c3)CN(C(=O)c3ccncc3)CC4)ccc21.CCn1nnc2c(C)c(C(CC(=O)OC)c3ccc4c(c3)CNCC4)ccc21.O=C(O)c1ccncc1. The molecule has 0 bridgehead atoms. The number of ether oxygens (including phenoxy) is 1. The van der Waals surface area contributed by atoms with Crippen molar-refractivity contribution in [2.75, 3.05) is 20.2 Å². The molecular weight excluding hydrogens is 925 g/mol. The molecule has 3 N–H and O–H groups in total. The molecule has 10 rings (SSSR count). The van der Waals surface area contributed by atoms with Crippen molar-refractivity contribution in [3.8, 4) is 0 Å². The van der Waals surface area contributed by atoms with Gasteiger partial charge in [0.1, 0.15) is 11.0 Å². The number of carboxylic acids is 2. The Morgan fingerprint density at radius 1 is 0.658 bits per heavy atom. The number of pyridine rings is 2. The van der Waals surface area contributed by atoms with E-state index in [0.29, 0.717) is 31.6 Å². The third kappa shape index (κ3) is 11.8. The van der Waals surface area contributed by atoms with Crippen molar-refractivity contribution in [3.05, 3.63) is 176 Å².